The third-order valence-electron chi connectivity index (χ3n) is 0.992. The van der Waals surface area contributed by atoms with Crippen LogP contribution in [0.3, 0.4) is 0 Å². The third-order valence-corrected chi connectivity index (χ3v) is 2.92. The molecule has 45 valence electrons. The molecule has 0 saturated carbocycles. The van der Waals surface area contributed by atoms with Gasteiger partial charge in [0.15, 0.2) is 0 Å². The van der Waals surface area contributed by atoms with Crippen LogP contribution >= 0.6 is 22.6 Å². The first-order valence-electron chi connectivity index (χ1n) is 2.41. The zero-order valence-electron chi connectivity index (χ0n) is 4.56. The summed E-state index contributed by atoms with van der Waals surface area (Å²) in [6, 6.07) is 5.37. The van der Waals surface area contributed by atoms with E-state index in [9.17, 15) is 0 Å². The molecule has 1 N–H and O–H groups in total. The van der Waals surface area contributed by atoms with E-state index in [1.165, 1.54) is 0 Å². The summed E-state index contributed by atoms with van der Waals surface area (Å²) in [6.07, 6.45) is 0. The highest BCUT2D eigenvalue weighted by Gasteiger charge is 1.96. The minimum atomic E-state index is 0.290. The molecule has 0 unspecified atom stereocenters. The Balaban J connectivity index is 3.25. The molecule has 9 heavy (non-hydrogen) atoms. The topological polar surface area (TPSA) is 20.2 Å². The van der Waals surface area contributed by atoms with Crippen LogP contribution in [0.1, 0.15) is 0 Å². The van der Waals surface area contributed by atoms with Crippen molar-refractivity contribution in [1.29, 1.82) is 0 Å². The number of benzene rings is 1. The summed E-state index contributed by atoms with van der Waals surface area (Å²) in [5, 5.41) is 9.81. The number of rotatable bonds is 0. The molecule has 0 aromatic heterocycles. The number of phenols is 1. The zero-order valence-corrected chi connectivity index (χ0v) is 7.71. The molecule has 0 fully saturated rings. The molecule has 3 heteroatoms. The van der Waals surface area contributed by atoms with E-state index >= 15 is 0 Å². The van der Waals surface area contributed by atoms with Gasteiger partial charge in [-0.2, -0.15) is 0 Å². The summed E-state index contributed by atoms with van der Waals surface area (Å²) >= 11 is 2.14. The summed E-state index contributed by atoms with van der Waals surface area (Å²) in [6.45, 7) is 0. The lowest BCUT2D eigenvalue weighted by atomic mass is 10.3. The molecule has 0 spiro atoms. The van der Waals surface area contributed by atoms with E-state index in [0.29, 0.717) is 5.75 Å². The monoisotopic (exact) mass is 247 g/mol. The lowest BCUT2D eigenvalue weighted by molar-refractivity contribution is 0.479. The average molecular weight is 247 g/mol. The standard InChI is InChI=1S/C6H4IOSi/c7-4-2-1-3-5(8)6(4)9/h1-3,8H. The van der Waals surface area contributed by atoms with Crippen LogP contribution in [0, 0.1) is 3.57 Å². The van der Waals surface area contributed by atoms with Crippen LogP contribution in [0.2, 0.25) is 0 Å². The van der Waals surface area contributed by atoms with Crippen molar-refractivity contribution >= 4 is 38.0 Å². The predicted octanol–water partition coefficient (Wildman–Crippen LogP) is 0.791. The molecule has 0 amide bonds. The number of halogens is 1. The highest BCUT2D eigenvalue weighted by molar-refractivity contribution is 14.1. The van der Waals surface area contributed by atoms with Crippen LogP contribution in [0.15, 0.2) is 18.2 Å². The summed E-state index contributed by atoms with van der Waals surface area (Å²) < 4.78 is 1.02. The van der Waals surface area contributed by atoms with E-state index in [0.717, 1.165) is 8.76 Å². The molecule has 0 atom stereocenters. The second kappa shape index (κ2) is 2.70. The van der Waals surface area contributed by atoms with Crippen LogP contribution in [0.25, 0.3) is 0 Å². The Bertz CT molecular complexity index is 204. The first kappa shape index (κ1) is 7.08. The van der Waals surface area contributed by atoms with Crippen LogP contribution in [0.4, 0.5) is 0 Å². The highest BCUT2D eigenvalue weighted by atomic mass is 127. The van der Waals surface area contributed by atoms with E-state index in [1.807, 2.05) is 6.07 Å². The summed E-state index contributed by atoms with van der Waals surface area (Å²) in [5.74, 6) is 0.290. The molecule has 0 bridgehead atoms. The van der Waals surface area contributed by atoms with Gasteiger partial charge in [0.2, 0.25) is 0 Å². The molecule has 0 aliphatic heterocycles. The first-order chi connectivity index (χ1) is 4.22. The minimum absolute atomic E-state index is 0.290. The molecule has 1 aromatic rings. The Kier molecular flexibility index (Phi) is 2.12. The van der Waals surface area contributed by atoms with Crippen molar-refractivity contribution in [3.8, 4) is 5.75 Å². The SMILES string of the molecule is Oc1cccc(I)c1[Si]. The fourth-order valence-corrected chi connectivity index (χ4v) is 1.16. The van der Waals surface area contributed by atoms with Gasteiger partial charge in [-0.15, -0.1) is 0 Å². The fraction of sp³-hybridized carbons (Fsp3) is 0. The van der Waals surface area contributed by atoms with Crippen LogP contribution in [0.5, 0.6) is 5.75 Å². The molecule has 3 radical (unpaired) electrons. The first-order valence-corrected chi connectivity index (χ1v) is 3.99. The molecule has 1 rings (SSSR count). The van der Waals surface area contributed by atoms with Gasteiger partial charge in [0.1, 0.15) is 5.75 Å². The van der Waals surface area contributed by atoms with Gasteiger partial charge in [0, 0.05) is 3.57 Å². The quantitative estimate of drug-likeness (QED) is 0.531. The normalized spacial score (nSPS) is 9.56. The maximum absolute atomic E-state index is 9.05. The third kappa shape index (κ3) is 1.45. The Morgan fingerprint density at radius 1 is 1.44 bits per heavy atom. The van der Waals surface area contributed by atoms with E-state index in [-0.39, 0.29) is 0 Å². The van der Waals surface area contributed by atoms with Crippen molar-refractivity contribution in [1.82, 2.24) is 0 Å². The largest absolute Gasteiger partial charge is 0.508 e. The number of aromatic hydroxyl groups is 1. The summed E-state index contributed by atoms with van der Waals surface area (Å²) in [4.78, 5) is 0. The zero-order chi connectivity index (χ0) is 6.85. The molecule has 0 aliphatic rings. The lowest BCUT2D eigenvalue weighted by Crippen LogP contribution is -2.06. The number of hydrogen-bond acceptors (Lipinski definition) is 1. The number of phenolic OH excluding ortho intramolecular Hbond substituents is 1. The second-order valence-electron chi connectivity index (χ2n) is 1.63. The number of hydrogen-bond donors (Lipinski definition) is 1. The summed E-state index contributed by atoms with van der Waals surface area (Å²) in [7, 11) is 3.27. The van der Waals surface area contributed by atoms with Gasteiger partial charge < -0.3 is 5.11 Å². The van der Waals surface area contributed by atoms with Gasteiger partial charge in [-0.3, -0.25) is 0 Å². The smallest absolute Gasteiger partial charge is 0.115 e. The van der Waals surface area contributed by atoms with E-state index in [1.54, 1.807) is 12.1 Å². The Morgan fingerprint density at radius 2 is 2.11 bits per heavy atom. The molecule has 0 aliphatic carbocycles. The fourth-order valence-electron chi connectivity index (χ4n) is 0.513. The van der Waals surface area contributed by atoms with Gasteiger partial charge in [0.05, 0.1) is 10.2 Å². The van der Waals surface area contributed by atoms with Crippen molar-refractivity contribution in [2.24, 2.45) is 0 Å². The van der Waals surface area contributed by atoms with Crippen molar-refractivity contribution in [2.45, 2.75) is 0 Å². The second-order valence-corrected chi connectivity index (χ2v) is 3.30. The predicted molar refractivity (Wildman–Crippen MR) is 46.2 cm³/mol. The molecule has 0 heterocycles. The van der Waals surface area contributed by atoms with Crippen molar-refractivity contribution in [3.05, 3.63) is 21.8 Å². The Labute approximate surface area is 70.7 Å². The Morgan fingerprint density at radius 3 is 2.56 bits per heavy atom. The van der Waals surface area contributed by atoms with Gasteiger partial charge in [0.25, 0.3) is 0 Å². The maximum atomic E-state index is 9.05. The average Bonchev–Trinajstić information content (AvgIpc) is 1.83. The highest BCUT2D eigenvalue weighted by Crippen LogP contribution is 2.07. The van der Waals surface area contributed by atoms with Gasteiger partial charge in [-0.05, 0) is 39.9 Å². The van der Waals surface area contributed by atoms with Crippen LogP contribution < -0.4 is 5.19 Å². The maximum Gasteiger partial charge on any atom is 0.115 e. The molecular weight excluding hydrogens is 243 g/mol. The van der Waals surface area contributed by atoms with Crippen LogP contribution in [-0.4, -0.2) is 15.3 Å². The molecule has 1 aromatic carbocycles. The van der Waals surface area contributed by atoms with Gasteiger partial charge in [-0.1, -0.05) is 6.07 Å². The van der Waals surface area contributed by atoms with Crippen molar-refractivity contribution in [3.63, 3.8) is 0 Å². The van der Waals surface area contributed by atoms with Crippen LogP contribution in [-0.2, 0) is 0 Å². The van der Waals surface area contributed by atoms with Crippen molar-refractivity contribution in [2.75, 3.05) is 0 Å². The Hall–Kier alpha value is -0.0331. The summed E-state index contributed by atoms with van der Waals surface area (Å²) in [5.41, 5.74) is 0. The van der Waals surface area contributed by atoms with E-state index < -0.39 is 0 Å². The molecule has 0 saturated heterocycles. The van der Waals surface area contributed by atoms with Crippen molar-refractivity contribution < 1.29 is 5.11 Å². The molecular formula is C6H4IOSi. The van der Waals surface area contributed by atoms with E-state index in [2.05, 4.69) is 32.8 Å². The van der Waals surface area contributed by atoms with Gasteiger partial charge >= 0.3 is 0 Å². The lowest BCUT2D eigenvalue weighted by Gasteiger charge is -1.97. The molecule has 1 nitrogen and oxygen atoms in total. The van der Waals surface area contributed by atoms with Gasteiger partial charge in [-0.25, -0.2) is 0 Å². The van der Waals surface area contributed by atoms with E-state index in [4.69, 9.17) is 5.11 Å². The minimum Gasteiger partial charge on any atom is -0.508 e.